The van der Waals surface area contributed by atoms with E-state index in [0.29, 0.717) is 25.6 Å². The van der Waals surface area contributed by atoms with E-state index in [0.717, 1.165) is 17.3 Å². The summed E-state index contributed by atoms with van der Waals surface area (Å²) in [6.45, 7) is 2.94. The van der Waals surface area contributed by atoms with Crippen molar-refractivity contribution in [3.8, 4) is 0 Å². The molecule has 0 bridgehead atoms. The first kappa shape index (κ1) is 17.0. The van der Waals surface area contributed by atoms with Gasteiger partial charge in [0.15, 0.2) is 11.5 Å². The van der Waals surface area contributed by atoms with Crippen LogP contribution >= 0.6 is 0 Å². The average molecular weight is 345 g/mol. The molecule has 2 aromatic rings. The van der Waals surface area contributed by atoms with Crippen molar-refractivity contribution in [1.82, 2.24) is 15.2 Å². The van der Waals surface area contributed by atoms with E-state index in [-0.39, 0.29) is 5.91 Å². The fraction of sp³-hybridized carbons (Fsp3) is 0.278. The number of nitrogens with zero attached hydrogens (tertiary/aromatic N) is 2. The molecule has 0 aliphatic carbocycles. The van der Waals surface area contributed by atoms with Gasteiger partial charge < -0.3 is 10.2 Å². The first-order valence-electron chi connectivity index (χ1n) is 7.90. The number of halogens is 2. The number of carbonyl (C=O) groups excluding carboxylic acids is 2. The van der Waals surface area contributed by atoms with Gasteiger partial charge >= 0.3 is 0 Å². The minimum atomic E-state index is -1.06. The Labute approximate surface area is 143 Å². The van der Waals surface area contributed by atoms with Crippen LogP contribution in [0, 0.1) is 18.6 Å². The minimum absolute atomic E-state index is 0.226. The number of hydrogen-bond donors (Lipinski definition) is 1. The molecular weight excluding hydrogens is 328 g/mol. The molecule has 1 aromatic heterocycles. The molecule has 5 nitrogen and oxygen atoms in total. The monoisotopic (exact) mass is 345 g/mol. The smallest absolute Gasteiger partial charge is 0.273 e. The van der Waals surface area contributed by atoms with Crippen molar-refractivity contribution in [3.63, 3.8) is 0 Å². The standard InChI is InChI=1S/C18H17F2N3O2/c1-11-2-4-12(5-3-11)10-23-7-6-15(18(23)25)22-17(24)16-14(20)8-13(19)9-21-16/h2-5,8-9,15H,6-7,10H2,1H3,(H,22,24). The first-order valence-corrected chi connectivity index (χ1v) is 7.90. The molecular formula is C18H17F2N3O2. The van der Waals surface area contributed by atoms with Gasteiger partial charge in [-0.3, -0.25) is 9.59 Å². The number of pyridine rings is 1. The van der Waals surface area contributed by atoms with Crippen LogP contribution in [0.25, 0.3) is 0 Å². The van der Waals surface area contributed by atoms with Gasteiger partial charge in [-0.05, 0) is 18.9 Å². The molecule has 3 rings (SSSR count). The Morgan fingerprint density at radius 1 is 1.32 bits per heavy atom. The Balaban J connectivity index is 1.63. The summed E-state index contributed by atoms with van der Waals surface area (Å²) in [4.78, 5) is 29.6. The molecule has 1 aliphatic heterocycles. The molecule has 1 atom stereocenters. The van der Waals surface area contributed by atoms with Crippen molar-refractivity contribution in [2.45, 2.75) is 25.9 Å². The number of benzene rings is 1. The fourth-order valence-corrected chi connectivity index (χ4v) is 2.75. The van der Waals surface area contributed by atoms with Gasteiger partial charge in [0.2, 0.25) is 5.91 Å². The molecule has 1 aromatic carbocycles. The first-order chi connectivity index (χ1) is 11.9. The lowest BCUT2D eigenvalue weighted by Crippen LogP contribution is -2.41. The van der Waals surface area contributed by atoms with Crippen molar-refractivity contribution in [1.29, 1.82) is 0 Å². The number of rotatable bonds is 4. The van der Waals surface area contributed by atoms with E-state index >= 15 is 0 Å². The number of aromatic nitrogens is 1. The van der Waals surface area contributed by atoms with Gasteiger partial charge in [0.05, 0.1) is 6.20 Å². The van der Waals surface area contributed by atoms with Crippen LogP contribution in [0.3, 0.4) is 0 Å². The zero-order valence-corrected chi connectivity index (χ0v) is 13.6. The summed E-state index contributed by atoms with van der Waals surface area (Å²) < 4.78 is 26.5. The number of nitrogens with one attached hydrogen (secondary N) is 1. The van der Waals surface area contributed by atoms with Gasteiger partial charge in [-0.2, -0.15) is 0 Å². The molecule has 7 heteroatoms. The molecule has 0 radical (unpaired) electrons. The van der Waals surface area contributed by atoms with Crippen LogP contribution < -0.4 is 5.32 Å². The van der Waals surface area contributed by atoms with Crippen LogP contribution in [0.2, 0.25) is 0 Å². The quantitative estimate of drug-likeness (QED) is 0.924. The normalized spacial score (nSPS) is 17.0. The van der Waals surface area contributed by atoms with Gasteiger partial charge in [-0.25, -0.2) is 13.8 Å². The van der Waals surface area contributed by atoms with E-state index in [1.54, 1.807) is 4.90 Å². The third-order valence-electron chi connectivity index (χ3n) is 4.12. The van der Waals surface area contributed by atoms with E-state index in [2.05, 4.69) is 10.3 Å². The van der Waals surface area contributed by atoms with Crippen LogP contribution in [0.4, 0.5) is 8.78 Å². The highest BCUT2D eigenvalue weighted by Gasteiger charge is 2.33. The van der Waals surface area contributed by atoms with Crippen LogP contribution in [0.1, 0.15) is 28.0 Å². The van der Waals surface area contributed by atoms with E-state index in [1.807, 2.05) is 31.2 Å². The molecule has 1 aliphatic rings. The van der Waals surface area contributed by atoms with Gasteiger partial charge in [-0.1, -0.05) is 29.8 Å². The third kappa shape index (κ3) is 3.81. The molecule has 130 valence electrons. The molecule has 2 heterocycles. The molecule has 2 amide bonds. The van der Waals surface area contributed by atoms with Gasteiger partial charge in [0.1, 0.15) is 11.9 Å². The predicted octanol–water partition coefficient (Wildman–Crippen LogP) is 2.20. The van der Waals surface area contributed by atoms with E-state index in [1.165, 1.54) is 0 Å². The van der Waals surface area contributed by atoms with Gasteiger partial charge in [-0.15, -0.1) is 0 Å². The van der Waals surface area contributed by atoms with Crippen molar-refractivity contribution >= 4 is 11.8 Å². The fourth-order valence-electron chi connectivity index (χ4n) is 2.75. The molecule has 0 spiro atoms. The van der Waals surface area contributed by atoms with Crippen LogP contribution in [-0.4, -0.2) is 34.3 Å². The summed E-state index contributed by atoms with van der Waals surface area (Å²) in [5.41, 5.74) is 1.61. The summed E-state index contributed by atoms with van der Waals surface area (Å²) >= 11 is 0. The third-order valence-corrected chi connectivity index (χ3v) is 4.12. The average Bonchev–Trinajstić information content (AvgIpc) is 2.90. The van der Waals surface area contributed by atoms with E-state index in [9.17, 15) is 18.4 Å². The summed E-state index contributed by atoms with van der Waals surface area (Å²) in [7, 11) is 0. The van der Waals surface area contributed by atoms with Crippen molar-refractivity contribution in [2.24, 2.45) is 0 Å². The number of amides is 2. The Bertz CT molecular complexity index is 808. The lowest BCUT2D eigenvalue weighted by atomic mass is 10.1. The molecule has 1 saturated heterocycles. The second-order valence-corrected chi connectivity index (χ2v) is 6.04. The molecule has 0 saturated carbocycles. The van der Waals surface area contributed by atoms with Gasteiger partial charge in [0, 0.05) is 19.2 Å². The highest BCUT2D eigenvalue weighted by molar-refractivity contribution is 5.96. The molecule has 1 fully saturated rings. The Hall–Kier alpha value is -2.83. The summed E-state index contributed by atoms with van der Waals surface area (Å²) in [5, 5.41) is 2.48. The predicted molar refractivity (Wildman–Crippen MR) is 86.6 cm³/mol. The second kappa shape index (κ2) is 6.96. The second-order valence-electron chi connectivity index (χ2n) is 6.04. The van der Waals surface area contributed by atoms with Crippen molar-refractivity contribution in [3.05, 3.63) is 65.0 Å². The van der Waals surface area contributed by atoms with Crippen LogP contribution in [0.15, 0.2) is 36.5 Å². The maximum Gasteiger partial charge on any atom is 0.273 e. The topological polar surface area (TPSA) is 62.3 Å². The number of hydrogen-bond acceptors (Lipinski definition) is 3. The zero-order valence-electron chi connectivity index (χ0n) is 13.6. The van der Waals surface area contributed by atoms with Crippen LogP contribution in [-0.2, 0) is 11.3 Å². The highest BCUT2D eigenvalue weighted by atomic mass is 19.1. The maximum atomic E-state index is 13.6. The Morgan fingerprint density at radius 3 is 2.72 bits per heavy atom. The largest absolute Gasteiger partial charge is 0.339 e. The molecule has 1 N–H and O–H groups in total. The summed E-state index contributed by atoms with van der Waals surface area (Å²) in [6.07, 6.45) is 1.19. The number of carbonyl (C=O) groups is 2. The SMILES string of the molecule is Cc1ccc(CN2CCC(NC(=O)c3ncc(F)cc3F)C2=O)cc1. The molecule has 1 unspecified atom stereocenters. The Morgan fingerprint density at radius 2 is 2.04 bits per heavy atom. The minimum Gasteiger partial charge on any atom is -0.339 e. The summed E-state index contributed by atoms with van der Waals surface area (Å²) in [5.74, 6) is -2.97. The zero-order chi connectivity index (χ0) is 18.0. The van der Waals surface area contributed by atoms with Crippen LogP contribution in [0.5, 0.6) is 0 Å². The molecule has 25 heavy (non-hydrogen) atoms. The lowest BCUT2D eigenvalue weighted by Gasteiger charge is -2.17. The number of likely N-dealkylation sites (tertiary alicyclic amines) is 1. The van der Waals surface area contributed by atoms with Gasteiger partial charge in [0.25, 0.3) is 5.91 Å². The lowest BCUT2D eigenvalue weighted by molar-refractivity contribution is -0.129. The Kier molecular flexibility index (Phi) is 4.74. The van der Waals surface area contributed by atoms with Crippen molar-refractivity contribution < 1.29 is 18.4 Å². The number of aryl methyl sites for hydroxylation is 1. The van der Waals surface area contributed by atoms with E-state index in [4.69, 9.17) is 0 Å². The summed E-state index contributed by atoms with van der Waals surface area (Å²) in [6, 6.07) is 7.70. The highest BCUT2D eigenvalue weighted by Crippen LogP contribution is 2.16. The maximum absolute atomic E-state index is 13.6. The van der Waals surface area contributed by atoms with E-state index < -0.39 is 29.3 Å². The van der Waals surface area contributed by atoms with Crippen molar-refractivity contribution in [2.75, 3.05) is 6.54 Å².